The summed E-state index contributed by atoms with van der Waals surface area (Å²) in [6.07, 6.45) is 4.32. The van der Waals surface area contributed by atoms with Crippen molar-refractivity contribution >= 4 is 29.4 Å². The van der Waals surface area contributed by atoms with E-state index in [0.717, 1.165) is 30.4 Å². The zero-order valence-corrected chi connectivity index (χ0v) is 22.5. The van der Waals surface area contributed by atoms with E-state index in [0.29, 0.717) is 67.8 Å². The molecular formula is C27H33ClN4O6. The van der Waals surface area contributed by atoms with E-state index < -0.39 is 23.3 Å². The first-order valence-corrected chi connectivity index (χ1v) is 13.6. The summed E-state index contributed by atoms with van der Waals surface area (Å²) in [5, 5.41) is 14.6. The van der Waals surface area contributed by atoms with Crippen molar-refractivity contribution in [1.82, 2.24) is 19.9 Å². The predicted octanol–water partition coefficient (Wildman–Crippen LogP) is 3.94. The molecule has 204 valence electrons. The fourth-order valence-electron chi connectivity index (χ4n) is 6.19. The SMILES string of the molecule is Cc1nc(COc2ccc(Cl)c3c2[C@@H](CN2CCCC2=O)N(C(=O)[C@@H]2CCCC[C@]2(C)C(=O)O)CC3)no1. The molecule has 1 N–H and O–H groups in total. The summed E-state index contributed by atoms with van der Waals surface area (Å²) in [4.78, 5) is 46.9. The number of aromatic nitrogens is 2. The molecule has 3 heterocycles. The normalized spacial score (nSPS) is 25.4. The van der Waals surface area contributed by atoms with Crippen LogP contribution in [-0.4, -0.2) is 62.5 Å². The zero-order valence-electron chi connectivity index (χ0n) is 21.7. The summed E-state index contributed by atoms with van der Waals surface area (Å²) >= 11 is 6.65. The van der Waals surface area contributed by atoms with Crippen LogP contribution >= 0.6 is 11.6 Å². The minimum absolute atomic E-state index is 0.0457. The quantitative estimate of drug-likeness (QED) is 0.555. The number of aryl methyl sites for hydroxylation is 1. The van der Waals surface area contributed by atoms with Gasteiger partial charge in [0.05, 0.1) is 17.4 Å². The van der Waals surface area contributed by atoms with Crippen molar-refractivity contribution in [3.8, 4) is 5.75 Å². The molecule has 0 bridgehead atoms. The number of carbonyl (C=O) groups excluding carboxylic acids is 2. The summed E-state index contributed by atoms with van der Waals surface area (Å²) in [7, 11) is 0. The Morgan fingerprint density at radius 3 is 2.74 bits per heavy atom. The molecule has 1 saturated heterocycles. The van der Waals surface area contributed by atoms with Crippen molar-refractivity contribution in [2.75, 3.05) is 19.6 Å². The number of ether oxygens (including phenoxy) is 1. The van der Waals surface area contributed by atoms with Crippen molar-refractivity contribution < 1.29 is 28.8 Å². The van der Waals surface area contributed by atoms with Gasteiger partial charge in [0.2, 0.25) is 23.5 Å². The number of amides is 2. The highest BCUT2D eigenvalue weighted by Gasteiger charge is 2.50. The number of carbonyl (C=O) groups is 3. The van der Waals surface area contributed by atoms with Crippen molar-refractivity contribution in [3.63, 3.8) is 0 Å². The molecule has 2 aliphatic heterocycles. The van der Waals surface area contributed by atoms with Crippen molar-refractivity contribution in [2.24, 2.45) is 11.3 Å². The van der Waals surface area contributed by atoms with Gasteiger partial charge in [0, 0.05) is 43.6 Å². The molecule has 0 spiro atoms. The summed E-state index contributed by atoms with van der Waals surface area (Å²) in [6, 6.07) is 3.02. The van der Waals surface area contributed by atoms with Gasteiger partial charge in [0.15, 0.2) is 6.61 Å². The third kappa shape index (κ3) is 4.86. The van der Waals surface area contributed by atoms with Gasteiger partial charge in [-0.1, -0.05) is 29.6 Å². The van der Waals surface area contributed by atoms with Crippen LogP contribution in [0, 0.1) is 18.3 Å². The Bertz CT molecular complexity index is 1250. The molecule has 1 aromatic carbocycles. The fraction of sp³-hybridized carbons (Fsp3) is 0.593. The lowest BCUT2D eigenvalue weighted by Crippen LogP contribution is -2.52. The second-order valence-corrected chi connectivity index (χ2v) is 11.1. The van der Waals surface area contributed by atoms with Gasteiger partial charge < -0.3 is 24.2 Å². The van der Waals surface area contributed by atoms with E-state index in [1.807, 2.05) is 0 Å². The van der Waals surface area contributed by atoms with Gasteiger partial charge in [-0.2, -0.15) is 4.98 Å². The largest absolute Gasteiger partial charge is 0.485 e. The average Bonchev–Trinajstić information content (AvgIpc) is 3.50. The number of halogens is 1. The second-order valence-electron chi connectivity index (χ2n) is 10.7. The lowest BCUT2D eigenvalue weighted by molar-refractivity contribution is -0.162. The van der Waals surface area contributed by atoms with Crippen LogP contribution in [0.4, 0.5) is 0 Å². The summed E-state index contributed by atoms with van der Waals surface area (Å²) in [5.74, 6) is -0.371. The summed E-state index contributed by atoms with van der Waals surface area (Å²) < 4.78 is 11.2. The Hall–Kier alpha value is -3.14. The van der Waals surface area contributed by atoms with Crippen LogP contribution in [-0.2, 0) is 27.4 Å². The van der Waals surface area contributed by atoms with Crippen LogP contribution in [0.2, 0.25) is 5.02 Å². The Kier molecular flexibility index (Phi) is 7.35. The molecule has 1 saturated carbocycles. The highest BCUT2D eigenvalue weighted by molar-refractivity contribution is 6.31. The number of nitrogens with zero attached hydrogens (tertiary/aromatic N) is 4. The first-order chi connectivity index (χ1) is 18.2. The van der Waals surface area contributed by atoms with Gasteiger partial charge in [0.1, 0.15) is 5.75 Å². The van der Waals surface area contributed by atoms with Crippen LogP contribution in [0.25, 0.3) is 0 Å². The van der Waals surface area contributed by atoms with E-state index in [-0.39, 0.29) is 18.4 Å². The first-order valence-electron chi connectivity index (χ1n) is 13.2. The number of carboxylic acid groups (broad SMARTS) is 1. The lowest BCUT2D eigenvalue weighted by Gasteiger charge is -2.45. The molecule has 10 nitrogen and oxygen atoms in total. The van der Waals surface area contributed by atoms with Gasteiger partial charge in [0.25, 0.3) is 0 Å². The summed E-state index contributed by atoms with van der Waals surface area (Å²) in [6.45, 7) is 4.75. The molecule has 11 heteroatoms. The maximum atomic E-state index is 14.2. The van der Waals surface area contributed by atoms with Gasteiger partial charge in [-0.25, -0.2) is 0 Å². The Morgan fingerprint density at radius 2 is 2.05 bits per heavy atom. The number of carboxylic acids is 1. The van der Waals surface area contributed by atoms with Gasteiger partial charge in [-0.15, -0.1) is 0 Å². The molecule has 0 radical (unpaired) electrons. The molecule has 38 heavy (non-hydrogen) atoms. The molecule has 2 aromatic rings. The highest BCUT2D eigenvalue weighted by atomic mass is 35.5. The predicted molar refractivity (Wildman–Crippen MR) is 136 cm³/mol. The van der Waals surface area contributed by atoms with Gasteiger partial charge in [-0.3, -0.25) is 14.4 Å². The lowest BCUT2D eigenvalue weighted by atomic mass is 9.66. The van der Waals surface area contributed by atoms with Crippen molar-refractivity contribution in [3.05, 3.63) is 40.0 Å². The van der Waals surface area contributed by atoms with Crippen molar-refractivity contribution in [2.45, 2.75) is 71.4 Å². The molecule has 1 aliphatic carbocycles. The molecule has 3 aliphatic rings. The van der Waals surface area contributed by atoms with Crippen LogP contribution in [0.1, 0.15) is 74.3 Å². The molecular weight excluding hydrogens is 512 g/mol. The number of fused-ring (bicyclic) bond motifs is 1. The van der Waals surface area contributed by atoms with E-state index in [1.54, 1.807) is 35.8 Å². The second kappa shape index (κ2) is 10.6. The number of hydrogen-bond acceptors (Lipinski definition) is 7. The zero-order chi connectivity index (χ0) is 27.0. The standard InChI is InChI=1S/C27H33ClN4O6/c1-16-29-22(30-38-16)15-37-21-9-8-19(28)17-10-13-32(20(24(17)21)14-31-12-5-7-23(31)33)25(34)18-6-3-4-11-27(18,2)26(35)36/h8-9,18,20H,3-7,10-15H2,1-2H3,(H,35,36)/t18-,20+,27-/m0/s1. The number of hydrogen-bond donors (Lipinski definition) is 1. The van der Waals surface area contributed by atoms with Crippen LogP contribution in [0.3, 0.4) is 0 Å². The molecule has 3 atom stereocenters. The Morgan fingerprint density at radius 1 is 1.24 bits per heavy atom. The maximum absolute atomic E-state index is 14.2. The third-order valence-corrected chi connectivity index (χ3v) is 8.70. The van der Waals surface area contributed by atoms with Gasteiger partial charge >= 0.3 is 5.97 Å². The van der Waals surface area contributed by atoms with Crippen LogP contribution in [0.5, 0.6) is 5.75 Å². The van der Waals surface area contributed by atoms with E-state index in [1.165, 1.54) is 0 Å². The smallest absolute Gasteiger partial charge is 0.310 e. The van der Waals surface area contributed by atoms with Crippen LogP contribution in [0.15, 0.2) is 16.7 Å². The number of likely N-dealkylation sites (tertiary alicyclic amines) is 1. The van der Waals surface area contributed by atoms with Gasteiger partial charge in [-0.05, 0) is 50.3 Å². The minimum atomic E-state index is -1.13. The topological polar surface area (TPSA) is 126 Å². The molecule has 1 aromatic heterocycles. The highest BCUT2D eigenvalue weighted by Crippen LogP contribution is 2.46. The molecule has 0 unspecified atom stereocenters. The monoisotopic (exact) mass is 544 g/mol. The first kappa shape index (κ1) is 26.5. The molecule has 2 fully saturated rings. The van der Waals surface area contributed by atoms with Crippen LogP contribution < -0.4 is 4.74 Å². The maximum Gasteiger partial charge on any atom is 0.310 e. The minimum Gasteiger partial charge on any atom is -0.485 e. The fourth-order valence-corrected chi connectivity index (χ4v) is 6.45. The Balaban J connectivity index is 1.53. The van der Waals surface area contributed by atoms with E-state index in [2.05, 4.69) is 10.1 Å². The third-order valence-electron chi connectivity index (χ3n) is 8.34. The van der Waals surface area contributed by atoms with E-state index in [4.69, 9.17) is 20.9 Å². The van der Waals surface area contributed by atoms with Crippen molar-refractivity contribution in [1.29, 1.82) is 0 Å². The average molecular weight is 545 g/mol. The van der Waals surface area contributed by atoms with E-state index >= 15 is 0 Å². The number of aliphatic carboxylic acids is 1. The molecule has 5 rings (SSSR count). The number of benzene rings is 1. The Labute approximate surface area is 226 Å². The molecule has 2 amide bonds. The summed E-state index contributed by atoms with van der Waals surface area (Å²) in [5.41, 5.74) is 0.497. The number of rotatable bonds is 7. The van der Waals surface area contributed by atoms with E-state index in [9.17, 15) is 19.5 Å².